The van der Waals surface area contributed by atoms with Gasteiger partial charge >= 0.3 is 5.97 Å². The molecule has 0 aromatic carbocycles. The van der Waals surface area contributed by atoms with Crippen molar-refractivity contribution in [2.24, 2.45) is 0 Å². The molecule has 0 aliphatic rings. The van der Waals surface area contributed by atoms with E-state index in [0.717, 1.165) is 0 Å². The van der Waals surface area contributed by atoms with Crippen molar-refractivity contribution >= 4 is 27.5 Å². The van der Waals surface area contributed by atoms with Gasteiger partial charge in [0.25, 0.3) is 0 Å². The molecule has 9 heteroatoms. The predicted octanol–water partition coefficient (Wildman–Crippen LogP) is -0.588. The van der Waals surface area contributed by atoms with Crippen molar-refractivity contribution in [1.82, 2.24) is 9.71 Å². The Balaban J connectivity index is 2.73. The first-order valence-corrected chi connectivity index (χ1v) is 7.03. The van der Waals surface area contributed by atoms with E-state index in [0.29, 0.717) is 5.82 Å². The van der Waals surface area contributed by atoms with Gasteiger partial charge in [0.1, 0.15) is 5.82 Å². The normalized spacial score (nSPS) is 11.1. The number of nitrogen functional groups attached to an aromatic ring is 1. The van der Waals surface area contributed by atoms with Crippen LogP contribution >= 0.6 is 0 Å². The molecular formula is C10H16N4O4S. The van der Waals surface area contributed by atoms with Gasteiger partial charge in [-0.3, -0.25) is 0 Å². The van der Waals surface area contributed by atoms with Crippen molar-refractivity contribution in [3.05, 3.63) is 17.8 Å². The third kappa shape index (κ3) is 4.38. The van der Waals surface area contributed by atoms with E-state index in [4.69, 9.17) is 5.73 Å². The van der Waals surface area contributed by atoms with Crippen LogP contribution in [0.5, 0.6) is 0 Å². The van der Waals surface area contributed by atoms with E-state index in [-0.39, 0.29) is 23.5 Å². The van der Waals surface area contributed by atoms with E-state index < -0.39 is 16.0 Å². The van der Waals surface area contributed by atoms with Crippen LogP contribution < -0.4 is 15.8 Å². The van der Waals surface area contributed by atoms with Crippen LogP contribution in [0.4, 0.5) is 11.5 Å². The van der Waals surface area contributed by atoms with Gasteiger partial charge in [0.05, 0.1) is 30.3 Å². The third-order valence-corrected chi connectivity index (χ3v) is 3.69. The first-order chi connectivity index (χ1) is 8.89. The molecule has 1 aromatic heterocycles. The Morgan fingerprint density at radius 3 is 2.79 bits per heavy atom. The maximum atomic E-state index is 11.4. The summed E-state index contributed by atoms with van der Waals surface area (Å²) in [6.45, 7) is 0.153. The molecule has 8 nitrogen and oxygen atoms in total. The molecule has 0 aliphatic carbocycles. The number of carbonyl (C=O) groups is 1. The molecule has 0 radical (unpaired) electrons. The zero-order chi connectivity index (χ0) is 14.5. The molecule has 1 heterocycles. The second-order valence-electron chi connectivity index (χ2n) is 3.60. The van der Waals surface area contributed by atoms with Crippen LogP contribution in [0.25, 0.3) is 0 Å². The Hall–Kier alpha value is -1.87. The number of methoxy groups -OCH3 is 1. The largest absolute Gasteiger partial charge is 0.465 e. The first kappa shape index (κ1) is 15.2. The topological polar surface area (TPSA) is 123 Å². The molecule has 0 atom stereocenters. The van der Waals surface area contributed by atoms with Crippen LogP contribution in [0.15, 0.2) is 12.3 Å². The molecule has 1 rings (SSSR count). The number of esters is 1. The number of rotatable bonds is 6. The van der Waals surface area contributed by atoms with Gasteiger partial charge in [0.15, 0.2) is 0 Å². The summed E-state index contributed by atoms with van der Waals surface area (Å²) < 4.78 is 29.2. The van der Waals surface area contributed by atoms with Gasteiger partial charge in [0, 0.05) is 6.54 Å². The lowest BCUT2D eigenvalue weighted by Crippen LogP contribution is -2.26. The fourth-order valence-corrected chi connectivity index (χ4v) is 1.84. The molecular weight excluding hydrogens is 272 g/mol. The Morgan fingerprint density at radius 1 is 1.53 bits per heavy atom. The molecule has 0 saturated carbocycles. The number of pyridine rings is 1. The third-order valence-electron chi connectivity index (χ3n) is 2.33. The number of nitrogens with zero attached hydrogens (tertiary/aromatic N) is 1. The number of aromatic nitrogens is 1. The fraction of sp³-hybridized carbons (Fsp3) is 0.400. The second-order valence-corrected chi connectivity index (χ2v) is 5.64. The van der Waals surface area contributed by atoms with Crippen LogP contribution in [0.2, 0.25) is 0 Å². The van der Waals surface area contributed by atoms with Gasteiger partial charge in [-0.1, -0.05) is 0 Å². The lowest BCUT2D eigenvalue weighted by Gasteiger charge is -2.08. The summed E-state index contributed by atoms with van der Waals surface area (Å²) in [5.74, 6) is -0.338. The first-order valence-electron chi connectivity index (χ1n) is 5.38. The molecule has 0 amide bonds. The average molecular weight is 288 g/mol. The summed E-state index contributed by atoms with van der Waals surface area (Å²) >= 11 is 0. The van der Waals surface area contributed by atoms with E-state index in [1.807, 2.05) is 0 Å². The SMILES string of the molecule is CNS(=O)(=O)CCNc1cc(C(=O)OC)c(N)cn1. The molecule has 1 aromatic rings. The maximum absolute atomic E-state index is 11.4. The van der Waals surface area contributed by atoms with E-state index in [1.54, 1.807) is 0 Å². The monoisotopic (exact) mass is 288 g/mol. The quantitative estimate of drug-likeness (QED) is 0.598. The summed E-state index contributed by atoms with van der Waals surface area (Å²) in [7, 11) is -0.701. The van der Waals surface area contributed by atoms with Gasteiger partial charge in [-0.2, -0.15) is 0 Å². The van der Waals surface area contributed by atoms with Crippen molar-refractivity contribution in [2.75, 3.05) is 37.5 Å². The standard InChI is InChI=1S/C10H16N4O4S/c1-12-19(16,17)4-3-13-9-5-7(10(15)18-2)8(11)6-14-9/h5-6,12H,3-4,11H2,1-2H3,(H,13,14). The molecule has 0 fully saturated rings. The number of hydrogen-bond acceptors (Lipinski definition) is 7. The number of ether oxygens (including phenoxy) is 1. The molecule has 19 heavy (non-hydrogen) atoms. The minimum atomic E-state index is -3.29. The second kappa shape index (κ2) is 6.34. The van der Waals surface area contributed by atoms with Crippen molar-refractivity contribution < 1.29 is 17.9 Å². The van der Waals surface area contributed by atoms with Crippen LogP contribution in [-0.2, 0) is 14.8 Å². The molecule has 106 valence electrons. The fourth-order valence-electron chi connectivity index (χ4n) is 1.26. The molecule has 0 unspecified atom stereocenters. The Kier molecular flexibility index (Phi) is 5.07. The van der Waals surface area contributed by atoms with Gasteiger partial charge in [0.2, 0.25) is 10.0 Å². The van der Waals surface area contributed by atoms with E-state index >= 15 is 0 Å². The highest BCUT2D eigenvalue weighted by Crippen LogP contribution is 2.15. The maximum Gasteiger partial charge on any atom is 0.340 e. The number of anilines is 2. The van der Waals surface area contributed by atoms with E-state index in [2.05, 4.69) is 19.8 Å². The Bertz CT molecular complexity index is 559. The van der Waals surface area contributed by atoms with Gasteiger partial charge in [-0.15, -0.1) is 0 Å². The summed E-state index contributed by atoms with van der Waals surface area (Å²) in [6, 6.07) is 1.41. The number of carbonyl (C=O) groups excluding carboxylic acids is 1. The van der Waals surface area contributed by atoms with Crippen molar-refractivity contribution in [2.45, 2.75) is 0 Å². The Labute approximate surface area is 111 Å². The van der Waals surface area contributed by atoms with Crippen LogP contribution in [0, 0.1) is 0 Å². The highest BCUT2D eigenvalue weighted by molar-refractivity contribution is 7.89. The molecule has 0 saturated heterocycles. The van der Waals surface area contributed by atoms with Crippen molar-refractivity contribution in [3.8, 4) is 0 Å². The van der Waals surface area contributed by atoms with Crippen molar-refractivity contribution in [3.63, 3.8) is 0 Å². The van der Waals surface area contributed by atoms with Crippen LogP contribution in [-0.4, -0.2) is 45.8 Å². The number of sulfonamides is 1. The van der Waals surface area contributed by atoms with E-state index in [9.17, 15) is 13.2 Å². The van der Waals surface area contributed by atoms with Gasteiger partial charge < -0.3 is 15.8 Å². The summed E-state index contributed by atoms with van der Waals surface area (Å²) in [6.07, 6.45) is 1.31. The highest BCUT2D eigenvalue weighted by Gasteiger charge is 2.12. The highest BCUT2D eigenvalue weighted by atomic mass is 32.2. The van der Waals surface area contributed by atoms with Crippen molar-refractivity contribution in [1.29, 1.82) is 0 Å². The smallest absolute Gasteiger partial charge is 0.340 e. The zero-order valence-corrected chi connectivity index (χ0v) is 11.5. The molecule has 0 spiro atoms. The lowest BCUT2D eigenvalue weighted by atomic mass is 10.2. The number of hydrogen-bond donors (Lipinski definition) is 3. The Morgan fingerprint density at radius 2 is 2.21 bits per heavy atom. The summed E-state index contributed by atoms with van der Waals surface area (Å²) in [5.41, 5.74) is 5.96. The zero-order valence-electron chi connectivity index (χ0n) is 10.6. The molecule has 0 aliphatic heterocycles. The summed E-state index contributed by atoms with van der Waals surface area (Å²) in [5, 5.41) is 2.79. The minimum Gasteiger partial charge on any atom is -0.465 e. The van der Waals surface area contributed by atoms with Gasteiger partial charge in [-0.05, 0) is 13.1 Å². The van der Waals surface area contributed by atoms with Gasteiger partial charge in [-0.25, -0.2) is 22.9 Å². The predicted molar refractivity (Wildman–Crippen MR) is 71.3 cm³/mol. The minimum absolute atomic E-state index is 0.108. The van der Waals surface area contributed by atoms with Crippen LogP contribution in [0.3, 0.4) is 0 Å². The lowest BCUT2D eigenvalue weighted by molar-refractivity contribution is 0.0602. The average Bonchev–Trinajstić information content (AvgIpc) is 2.39. The number of nitrogens with two attached hydrogens (primary N) is 1. The van der Waals surface area contributed by atoms with Crippen LogP contribution in [0.1, 0.15) is 10.4 Å². The summed E-state index contributed by atoms with van der Waals surface area (Å²) in [4.78, 5) is 15.3. The number of nitrogens with one attached hydrogen (secondary N) is 2. The van der Waals surface area contributed by atoms with E-state index in [1.165, 1.54) is 26.4 Å². The molecule has 4 N–H and O–H groups in total. The molecule has 0 bridgehead atoms.